The lowest BCUT2D eigenvalue weighted by Gasteiger charge is -2.19. The molecule has 1 aromatic carbocycles. The quantitative estimate of drug-likeness (QED) is 0.314. The molecule has 1 rings (SSSR count). The van der Waals surface area contributed by atoms with Crippen molar-refractivity contribution in [3.63, 3.8) is 0 Å². The number of aliphatic imine (C=N–C) groups is 1. The maximum Gasteiger partial charge on any atom is 0.191 e. The number of hydrogen-bond acceptors (Lipinski definition) is 2. The molecule has 0 heterocycles. The van der Waals surface area contributed by atoms with Gasteiger partial charge in [-0.15, -0.1) is 24.0 Å². The Labute approximate surface area is 149 Å². The first-order chi connectivity index (χ1) is 9.58. The van der Waals surface area contributed by atoms with Crippen molar-refractivity contribution in [2.45, 2.75) is 27.2 Å². The standard InChI is InChI=1S/C15H24ClN3O.HI/c1-4-19(5-2)15(17)18-9-6-10-20-14-8-7-13(16)11-12(14)3;/h7-8,11H,4-6,9-10H2,1-3H3,(H2,17,18);1H. The van der Waals surface area contributed by atoms with Crippen molar-refractivity contribution in [3.8, 4) is 5.75 Å². The number of benzene rings is 1. The minimum absolute atomic E-state index is 0. The van der Waals surface area contributed by atoms with Crippen molar-refractivity contribution in [3.05, 3.63) is 28.8 Å². The molecule has 6 heteroatoms. The van der Waals surface area contributed by atoms with Gasteiger partial charge in [-0.05, 0) is 44.5 Å². The maximum atomic E-state index is 5.90. The van der Waals surface area contributed by atoms with Crippen LogP contribution in [0.3, 0.4) is 0 Å². The highest BCUT2D eigenvalue weighted by molar-refractivity contribution is 14.0. The number of ether oxygens (including phenoxy) is 1. The first kappa shape index (κ1) is 20.3. The first-order valence-electron chi connectivity index (χ1n) is 7.02. The van der Waals surface area contributed by atoms with Crippen molar-refractivity contribution in [1.29, 1.82) is 0 Å². The van der Waals surface area contributed by atoms with E-state index in [2.05, 4.69) is 18.8 Å². The lowest BCUT2D eigenvalue weighted by molar-refractivity contribution is 0.311. The van der Waals surface area contributed by atoms with Gasteiger partial charge in [0.2, 0.25) is 0 Å². The number of aryl methyl sites for hydroxylation is 1. The van der Waals surface area contributed by atoms with Crippen molar-refractivity contribution >= 4 is 41.5 Å². The van der Waals surface area contributed by atoms with Gasteiger partial charge in [-0.3, -0.25) is 4.99 Å². The smallest absolute Gasteiger partial charge is 0.191 e. The molecule has 0 aromatic heterocycles. The number of rotatable bonds is 7. The van der Waals surface area contributed by atoms with E-state index in [1.807, 2.05) is 30.0 Å². The zero-order valence-electron chi connectivity index (χ0n) is 12.9. The summed E-state index contributed by atoms with van der Waals surface area (Å²) in [6.45, 7) is 9.18. The van der Waals surface area contributed by atoms with Crippen LogP contribution < -0.4 is 10.5 Å². The van der Waals surface area contributed by atoms with Crippen molar-refractivity contribution in [2.24, 2.45) is 10.7 Å². The summed E-state index contributed by atoms with van der Waals surface area (Å²) in [6.07, 6.45) is 0.837. The van der Waals surface area contributed by atoms with Gasteiger partial charge in [-0.2, -0.15) is 0 Å². The van der Waals surface area contributed by atoms with Gasteiger partial charge in [0.15, 0.2) is 5.96 Å². The molecule has 0 radical (unpaired) electrons. The lowest BCUT2D eigenvalue weighted by atomic mass is 10.2. The molecule has 0 amide bonds. The fourth-order valence-electron chi connectivity index (χ4n) is 1.86. The average molecular weight is 426 g/mol. The number of nitrogens with zero attached hydrogens (tertiary/aromatic N) is 2. The minimum atomic E-state index is 0. The second kappa shape index (κ2) is 11.0. The molecule has 21 heavy (non-hydrogen) atoms. The lowest BCUT2D eigenvalue weighted by Crippen LogP contribution is -2.37. The van der Waals surface area contributed by atoms with Crippen LogP contribution in [-0.2, 0) is 0 Å². The van der Waals surface area contributed by atoms with Gasteiger partial charge in [0.25, 0.3) is 0 Å². The molecule has 0 fully saturated rings. The van der Waals surface area contributed by atoms with E-state index in [9.17, 15) is 0 Å². The molecule has 0 aliphatic heterocycles. The minimum Gasteiger partial charge on any atom is -0.493 e. The molecular formula is C15H25ClIN3O. The fourth-order valence-corrected chi connectivity index (χ4v) is 2.09. The van der Waals surface area contributed by atoms with Gasteiger partial charge in [-0.1, -0.05) is 11.6 Å². The third kappa shape index (κ3) is 7.22. The molecular weight excluding hydrogens is 401 g/mol. The normalized spacial score (nSPS) is 11.0. The number of halogens is 2. The molecule has 0 aliphatic carbocycles. The van der Waals surface area contributed by atoms with Crippen LogP contribution in [-0.4, -0.2) is 37.1 Å². The highest BCUT2D eigenvalue weighted by Crippen LogP contribution is 2.21. The Kier molecular flexibility index (Phi) is 10.6. The van der Waals surface area contributed by atoms with E-state index < -0.39 is 0 Å². The Morgan fingerprint density at radius 3 is 2.57 bits per heavy atom. The summed E-state index contributed by atoms with van der Waals surface area (Å²) in [7, 11) is 0. The Morgan fingerprint density at radius 1 is 1.33 bits per heavy atom. The Hall–Kier alpha value is -0.690. The summed E-state index contributed by atoms with van der Waals surface area (Å²) in [5.74, 6) is 1.48. The van der Waals surface area contributed by atoms with E-state index in [0.717, 1.165) is 35.8 Å². The third-order valence-corrected chi connectivity index (χ3v) is 3.29. The molecule has 0 unspecified atom stereocenters. The number of hydrogen-bond donors (Lipinski definition) is 1. The van der Waals surface area contributed by atoms with E-state index in [0.29, 0.717) is 19.1 Å². The monoisotopic (exact) mass is 425 g/mol. The van der Waals surface area contributed by atoms with Crippen LogP contribution >= 0.6 is 35.6 Å². The van der Waals surface area contributed by atoms with Gasteiger partial charge in [-0.25, -0.2) is 0 Å². The van der Waals surface area contributed by atoms with Crippen LogP contribution in [0.1, 0.15) is 25.8 Å². The van der Waals surface area contributed by atoms with Crippen LogP contribution in [0.15, 0.2) is 23.2 Å². The highest BCUT2D eigenvalue weighted by atomic mass is 127. The Bertz CT molecular complexity index is 451. The second-order valence-electron chi connectivity index (χ2n) is 4.52. The van der Waals surface area contributed by atoms with E-state index in [-0.39, 0.29) is 24.0 Å². The van der Waals surface area contributed by atoms with Gasteiger partial charge >= 0.3 is 0 Å². The second-order valence-corrected chi connectivity index (χ2v) is 4.96. The van der Waals surface area contributed by atoms with Crippen molar-refractivity contribution < 1.29 is 4.74 Å². The van der Waals surface area contributed by atoms with Gasteiger partial charge in [0.1, 0.15) is 5.75 Å². The predicted octanol–water partition coefficient (Wildman–Crippen LogP) is 3.69. The van der Waals surface area contributed by atoms with Crippen molar-refractivity contribution in [2.75, 3.05) is 26.2 Å². The molecule has 0 atom stereocenters. The SMILES string of the molecule is CCN(CC)C(N)=NCCCOc1ccc(Cl)cc1C.I. The van der Waals surface area contributed by atoms with Gasteiger partial charge in [0, 0.05) is 31.1 Å². The Balaban J connectivity index is 0.00000400. The van der Waals surface area contributed by atoms with Crippen LogP contribution in [0.4, 0.5) is 0 Å². The summed E-state index contributed by atoms with van der Waals surface area (Å²) < 4.78 is 5.70. The zero-order chi connectivity index (χ0) is 15.0. The van der Waals surface area contributed by atoms with E-state index >= 15 is 0 Å². The predicted molar refractivity (Wildman–Crippen MR) is 101 cm³/mol. The zero-order valence-corrected chi connectivity index (χ0v) is 16.0. The number of nitrogens with two attached hydrogens (primary N) is 1. The number of guanidine groups is 1. The largest absolute Gasteiger partial charge is 0.493 e. The van der Waals surface area contributed by atoms with Crippen LogP contribution in [0.5, 0.6) is 5.75 Å². The van der Waals surface area contributed by atoms with Crippen LogP contribution in [0, 0.1) is 6.92 Å². The van der Waals surface area contributed by atoms with E-state index in [4.69, 9.17) is 22.1 Å². The van der Waals surface area contributed by atoms with E-state index in [1.165, 1.54) is 0 Å². The summed E-state index contributed by atoms with van der Waals surface area (Å²) in [5.41, 5.74) is 6.94. The topological polar surface area (TPSA) is 50.8 Å². The van der Waals surface area contributed by atoms with Gasteiger partial charge in [0.05, 0.1) is 6.61 Å². The third-order valence-electron chi connectivity index (χ3n) is 3.06. The molecule has 2 N–H and O–H groups in total. The van der Waals surface area contributed by atoms with Gasteiger partial charge < -0.3 is 15.4 Å². The summed E-state index contributed by atoms with van der Waals surface area (Å²) in [6, 6.07) is 5.62. The summed E-state index contributed by atoms with van der Waals surface area (Å²) in [5, 5.41) is 0.728. The summed E-state index contributed by atoms with van der Waals surface area (Å²) in [4.78, 5) is 6.39. The van der Waals surface area contributed by atoms with E-state index in [1.54, 1.807) is 0 Å². The molecule has 0 saturated heterocycles. The molecule has 120 valence electrons. The van der Waals surface area contributed by atoms with Crippen LogP contribution in [0.25, 0.3) is 0 Å². The first-order valence-corrected chi connectivity index (χ1v) is 7.40. The summed E-state index contributed by atoms with van der Waals surface area (Å²) >= 11 is 5.90. The molecule has 0 bridgehead atoms. The average Bonchev–Trinajstić information content (AvgIpc) is 2.42. The molecule has 0 saturated carbocycles. The molecule has 1 aromatic rings. The maximum absolute atomic E-state index is 5.90. The Morgan fingerprint density at radius 2 is 2.00 bits per heavy atom. The van der Waals surface area contributed by atoms with Crippen LogP contribution in [0.2, 0.25) is 5.02 Å². The highest BCUT2D eigenvalue weighted by Gasteiger charge is 2.02. The van der Waals surface area contributed by atoms with Crippen molar-refractivity contribution in [1.82, 2.24) is 4.90 Å². The molecule has 0 aliphatic rings. The molecule has 4 nitrogen and oxygen atoms in total. The fraction of sp³-hybridized carbons (Fsp3) is 0.533. The molecule has 0 spiro atoms.